The van der Waals surface area contributed by atoms with Crippen LogP contribution in [0.15, 0.2) is 18.3 Å². The highest BCUT2D eigenvalue weighted by Crippen LogP contribution is 2.06. The van der Waals surface area contributed by atoms with Crippen molar-refractivity contribution >= 4 is 11.7 Å². The molecular formula is C9H12FN3O. The van der Waals surface area contributed by atoms with Crippen LogP contribution in [0, 0.1) is 5.82 Å². The second kappa shape index (κ2) is 4.55. The number of nitrogens with one attached hydrogen (secondary N) is 1. The zero-order chi connectivity index (χ0) is 10.6. The van der Waals surface area contributed by atoms with Crippen molar-refractivity contribution in [2.24, 2.45) is 5.73 Å². The molecule has 0 saturated heterocycles. The number of pyridine rings is 1. The first-order chi connectivity index (χ1) is 6.58. The van der Waals surface area contributed by atoms with Crippen LogP contribution in [0.5, 0.6) is 0 Å². The summed E-state index contributed by atoms with van der Waals surface area (Å²) >= 11 is 0. The number of carbonyl (C=O) groups is 1. The Bertz CT molecular complexity index is 312. The van der Waals surface area contributed by atoms with Crippen LogP contribution in [0.2, 0.25) is 0 Å². The van der Waals surface area contributed by atoms with E-state index in [4.69, 9.17) is 5.73 Å². The molecular weight excluding hydrogens is 185 g/mol. The van der Waals surface area contributed by atoms with Gasteiger partial charge in [-0.3, -0.25) is 4.79 Å². The highest BCUT2D eigenvalue weighted by Gasteiger charge is 2.05. The molecule has 0 bridgehead atoms. The number of hydrogen-bond acceptors (Lipinski definition) is 3. The van der Waals surface area contributed by atoms with Gasteiger partial charge in [-0.05, 0) is 19.1 Å². The Morgan fingerprint density at radius 3 is 2.93 bits per heavy atom. The number of primary amides is 1. The van der Waals surface area contributed by atoms with Gasteiger partial charge in [0.2, 0.25) is 5.91 Å². The molecule has 1 rings (SSSR count). The fourth-order valence-electron chi connectivity index (χ4n) is 1.07. The number of amides is 1. The Labute approximate surface area is 81.3 Å². The van der Waals surface area contributed by atoms with Gasteiger partial charge in [0, 0.05) is 12.5 Å². The SMILES string of the molecule is CC(CC(N)=O)Nc1ccc(F)cn1. The van der Waals surface area contributed by atoms with Crippen molar-refractivity contribution in [3.63, 3.8) is 0 Å². The van der Waals surface area contributed by atoms with E-state index in [1.807, 2.05) is 0 Å². The minimum Gasteiger partial charge on any atom is -0.370 e. The molecule has 0 aliphatic heterocycles. The maximum absolute atomic E-state index is 12.5. The van der Waals surface area contributed by atoms with Gasteiger partial charge in [-0.2, -0.15) is 0 Å². The van der Waals surface area contributed by atoms with Gasteiger partial charge in [-0.15, -0.1) is 0 Å². The fourth-order valence-corrected chi connectivity index (χ4v) is 1.07. The Kier molecular flexibility index (Phi) is 3.39. The number of carbonyl (C=O) groups excluding carboxylic acids is 1. The predicted molar refractivity (Wildman–Crippen MR) is 51.1 cm³/mol. The van der Waals surface area contributed by atoms with Crippen LogP contribution < -0.4 is 11.1 Å². The first-order valence-electron chi connectivity index (χ1n) is 4.24. The lowest BCUT2D eigenvalue weighted by molar-refractivity contribution is -0.118. The van der Waals surface area contributed by atoms with Crippen LogP contribution in [0.3, 0.4) is 0 Å². The number of hydrogen-bond donors (Lipinski definition) is 2. The van der Waals surface area contributed by atoms with Gasteiger partial charge in [-0.25, -0.2) is 9.37 Å². The van der Waals surface area contributed by atoms with E-state index in [2.05, 4.69) is 10.3 Å². The van der Waals surface area contributed by atoms with Crippen LogP contribution in [-0.2, 0) is 4.79 Å². The van der Waals surface area contributed by atoms with Crippen molar-refractivity contribution < 1.29 is 9.18 Å². The number of halogens is 1. The summed E-state index contributed by atoms with van der Waals surface area (Å²) in [6, 6.07) is 2.70. The molecule has 4 nitrogen and oxygen atoms in total. The maximum atomic E-state index is 12.5. The van der Waals surface area contributed by atoms with Gasteiger partial charge in [0.05, 0.1) is 6.20 Å². The minimum absolute atomic E-state index is 0.106. The third kappa shape index (κ3) is 3.38. The Morgan fingerprint density at radius 1 is 1.71 bits per heavy atom. The van der Waals surface area contributed by atoms with Gasteiger partial charge in [0.15, 0.2) is 0 Å². The fraction of sp³-hybridized carbons (Fsp3) is 0.333. The molecule has 0 fully saturated rings. The number of rotatable bonds is 4. The lowest BCUT2D eigenvalue weighted by atomic mass is 10.2. The van der Waals surface area contributed by atoms with E-state index in [1.165, 1.54) is 12.1 Å². The minimum atomic E-state index is -0.391. The van der Waals surface area contributed by atoms with Crippen molar-refractivity contribution in [2.45, 2.75) is 19.4 Å². The summed E-state index contributed by atoms with van der Waals surface area (Å²) in [5.41, 5.74) is 5.01. The molecule has 0 spiro atoms. The van der Waals surface area contributed by atoms with E-state index in [0.29, 0.717) is 5.82 Å². The molecule has 0 aliphatic carbocycles. The summed E-state index contributed by atoms with van der Waals surface area (Å²) in [5.74, 6) is -0.245. The molecule has 1 heterocycles. The highest BCUT2D eigenvalue weighted by molar-refractivity contribution is 5.74. The molecule has 1 aromatic heterocycles. The summed E-state index contributed by atoms with van der Waals surface area (Å²) in [6.45, 7) is 1.80. The largest absolute Gasteiger partial charge is 0.370 e. The Balaban J connectivity index is 2.51. The number of anilines is 1. The van der Waals surface area contributed by atoms with Gasteiger partial charge in [0.1, 0.15) is 11.6 Å². The first-order valence-corrected chi connectivity index (χ1v) is 4.24. The van der Waals surface area contributed by atoms with Gasteiger partial charge in [-0.1, -0.05) is 0 Å². The van der Waals surface area contributed by atoms with Crippen molar-refractivity contribution in [1.29, 1.82) is 0 Å². The van der Waals surface area contributed by atoms with E-state index in [-0.39, 0.29) is 18.4 Å². The van der Waals surface area contributed by atoms with E-state index < -0.39 is 5.82 Å². The average molecular weight is 197 g/mol. The van der Waals surface area contributed by atoms with Crippen molar-refractivity contribution in [3.8, 4) is 0 Å². The molecule has 1 amide bonds. The molecule has 1 atom stereocenters. The number of nitrogens with zero attached hydrogens (tertiary/aromatic N) is 1. The first kappa shape index (κ1) is 10.4. The van der Waals surface area contributed by atoms with Gasteiger partial charge >= 0.3 is 0 Å². The zero-order valence-corrected chi connectivity index (χ0v) is 7.83. The van der Waals surface area contributed by atoms with Crippen molar-refractivity contribution in [3.05, 3.63) is 24.1 Å². The smallest absolute Gasteiger partial charge is 0.219 e. The standard InChI is InChI=1S/C9H12FN3O/c1-6(4-8(11)14)13-9-3-2-7(10)5-12-9/h2-3,5-6H,4H2,1H3,(H2,11,14)(H,12,13). The van der Waals surface area contributed by atoms with E-state index in [0.717, 1.165) is 6.20 Å². The molecule has 0 aromatic carbocycles. The van der Waals surface area contributed by atoms with Crippen LogP contribution >= 0.6 is 0 Å². The summed E-state index contributed by atoms with van der Waals surface area (Å²) in [7, 11) is 0. The molecule has 14 heavy (non-hydrogen) atoms. The molecule has 0 aliphatic rings. The lowest BCUT2D eigenvalue weighted by Crippen LogP contribution is -2.24. The van der Waals surface area contributed by atoms with Crippen molar-refractivity contribution in [2.75, 3.05) is 5.32 Å². The lowest BCUT2D eigenvalue weighted by Gasteiger charge is -2.11. The summed E-state index contributed by atoms with van der Waals surface area (Å²) in [5, 5.41) is 2.92. The summed E-state index contributed by atoms with van der Waals surface area (Å²) in [6.07, 6.45) is 1.33. The van der Waals surface area contributed by atoms with Crippen LogP contribution in [0.4, 0.5) is 10.2 Å². The Hall–Kier alpha value is -1.65. The monoisotopic (exact) mass is 197 g/mol. The average Bonchev–Trinajstić information content (AvgIpc) is 2.07. The molecule has 1 aromatic rings. The summed E-state index contributed by atoms with van der Waals surface area (Å²) in [4.78, 5) is 14.3. The Morgan fingerprint density at radius 2 is 2.43 bits per heavy atom. The van der Waals surface area contributed by atoms with Gasteiger partial charge < -0.3 is 11.1 Å². The molecule has 5 heteroatoms. The third-order valence-corrected chi connectivity index (χ3v) is 1.63. The number of aromatic nitrogens is 1. The predicted octanol–water partition coefficient (Wildman–Crippen LogP) is 0.896. The van der Waals surface area contributed by atoms with Crippen LogP contribution in [0.1, 0.15) is 13.3 Å². The molecule has 3 N–H and O–H groups in total. The molecule has 0 radical (unpaired) electrons. The topological polar surface area (TPSA) is 68.0 Å². The molecule has 0 saturated carbocycles. The van der Waals surface area contributed by atoms with E-state index in [1.54, 1.807) is 6.92 Å². The second-order valence-corrected chi connectivity index (χ2v) is 3.08. The molecule has 1 unspecified atom stereocenters. The second-order valence-electron chi connectivity index (χ2n) is 3.08. The van der Waals surface area contributed by atoms with E-state index in [9.17, 15) is 9.18 Å². The number of nitrogens with two attached hydrogens (primary N) is 1. The maximum Gasteiger partial charge on any atom is 0.219 e. The van der Waals surface area contributed by atoms with Crippen LogP contribution in [-0.4, -0.2) is 16.9 Å². The van der Waals surface area contributed by atoms with Crippen molar-refractivity contribution in [1.82, 2.24) is 4.98 Å². The zero-order valence-electron chi connectivity index (χ0n) is 7.83. The molecule has 76 valence electrons. The van der Waals surface area contributed by atoms with Gasteiger partial charge in [0.25, 0.3) is 0 Å². The highest BCUT2D eigenvalue weighted by atomic mass is 19.1. The quantitative estimate of drug-likeness (QED) is 0.753. The normalized spacial score (nSPS) is 12.1. The van der Waals surface area contributed by atoms with E-state index >= 15 is 0 Å². The third-order valence-electron chi connectivity index (χ3n) is 1.63. The van der Waals surface area contributed by atoms with Crippen LogP contribution in [0.25, 0.3) is 0 Å². The summed E-state index contributed by atoms with van der Waals surface area (Å²) < 4.78 is 12.5.